The first-order valence-corrected chi connectivity index (χ1v) is 24.6. The molecule has 0 aromatic heterocycles. The fourth-order valence-electron chi connectivity index (χ4n) is 8.26. The predicted octanol–water partition coefficient (Wildman–Crippen LogP) is 19.5. The SMILES string of the molecule is C1=CC=CC=1c1ccccc1.C=CC/C=C/c1cccc([C@H](C)\C(=C/C(=C\C=C\C)c2ccc3c(c2)-c2ccccc2N/C=C/C=C(c2ccccc2)\C=C/3)C2=C(C)C=CC2)c1.CC.c1ccccc1. The summed E-state index contributed by atoms with van der Waals surface area (Å²) in [5.74, 6) is 0.194. The maximum atomic E-state index is 3.86. The van der Waals surface area contributed by atoms with Gasteiger partial charge in [-0.3, -0.25) is 0 Å². The molecule has 0 unspecified atom stereocenters. The quantitative estimate of drug-likeness (QED) is 0.0776. The van der Waals surface area contributed by atoms with Crippen molar-refractivity contribution in [1.29, 1.82) is 0 Å². The van der Waals surface area contributed by atoms with Gasteiger partial charge in [0.2, 0.25) is 0 Å². The number of rotatable bonds is 11. The third kappa shape index (κ3) is 14.9. The summed E-state index contributed by atoms with van der Waals surface area (Å²) in [7, 11) is 0. The Labute approximate surface area is 419 Å². The molecule has 0 fully saturated rings. The highest BCUT2D eigenvalue weighted by Gasteiger charge is 2.20. The van der Waals surface area contributed by atoms with Crippen molar-refractivity contribution in [3.05, 3.63) is 317 Å². The molecule has 1 heterocycles. The number of hydrogen-bond donors (Lipinski definition) is 1. The van der Waals surface area contributed by atoms with Crippen molar-refractivity contribution in [2.24, 2.45) is 0 Å². The van der Waals surface area contributed by atoms with Crippen molar-refractivity contribution >= 4 is 34.6 Å². The van der Waals surface area contributed by atoms with Crippen LogP contribution in [-0.2, 0) is 0 Å². The molecule has 9 rings (SSSR count). The molecule has 6 aromatic rings. The molecule has 0 radical (unpaired) electrons. The van der Waals surface area contributed by atoms with Crippen molar-refractivity contribution in [3.63, 3.8) is 0 Å². The molecule has 0 saturated heterocycles. The standard InChI is InChI=1S/C50H47N.C11H8.C6H6.C2H6/c1-5-7-10-19-39-20-16-24-43(34-39)38(4)48(46-27-15-18-37(46)3)35-44(21-8-6-2)45-32-31-42-30-29-41(40-22-11-9-12-23-40)25-17-33-51-50-28-14-13-26-47(50)49(42)36-45;1-2-6-10(7-3-1)11-8-4-5-9-11;1-2-4-6-5-3-1;1-2/h5-6,8-26,28-36,38,51H,1,7,27H2,2-4H3;1-8H;1-6H;1-2H3/b8-6+,19-10+,30-29-,33-17+,41-25+,44-21+,48-35+;;;/t38-;;;/m0.../s1. The number of benzene rings is 6. The third-order valence-corrected chi connectivity index (χ3v) is 11.9. The molecule has 1 nitrogen and oxygen atoms in total. The van der Waals surface area contributed by atoms with Gasteiger partial charge >= 0.3 is 0 Å². The molecule has 2 aliphatic carbocycles. The Morgan fingerprint density at radius 2 is 1.41 bits per heavy atom. The Bertz CT molecular complexity index is 2990. The Morgan fingerprint density at radius 3 is 2.09 bits per heavy atom. The van der Waals surface area contributed by atoms with Crippen LogP contribution in [0.5, 0.6) is 0 Å². The average molecular weight is 910 g/mol. The zero-order valence-electron chi connectivity index (χ0n) is 41.6. The normalized spacial score (nSPS) is 15.8. The van der Waals surface area contributed by atoms with Gasteiger partial charge in [0.15, 0.2) is 0 Å². The van der Waals surface area contributed by atoms with E-state index >= 15 is 0 Å². The van der Waals surface area contributed by atoms with E-state index in [1.807, 2.05) is 92.9 Å². The largest absolute Gasteiger partial charge is 0.361 e. The van der Waals surface area contributed by atoms with Gasteiger partial charge in [0, 0.05) is 28.9 Å². The first-order valence-electron chi connectivity index (χ1n) is 24.6. The summed E-state index contributed by atoms with van der Waals surface area (Å²) >= 11 is 0. The maximum absolute atomic E-state index is 3.86. The summed E-state index contributed by atoms with van der Waals surface area (Å²) < 4.78 is 0. The second-order valence-electron chi connectivity index (χ2n) is 16.6. The van der Waals surface area contributed by atoms with E-state index in [2.05, 4.69) is 227 Å². The monoisotopic (exact) mass is 910 g/mol. The van der Waals surface area contributed by atoms with Gasteiger partial charge in [-0.2, -0.15) is 0 Å². The lowest BCUT2D eigenvalue weighted by Crippen LogP contribution is -2.03. The number of para-hydroxylation sites is 1. The molecule has 0 bridgehead atoms. The first-order chi connectivity index (χ1) is 34.5. The molecule has 0 saturated carbocycles. The van der Waals surface area contributed by atoms with Gasteiger partial charge in [-0.15, -0.1) is 12.3 Å². The summed E-state index contributed by atoms with van der Waals surface area (Å²) in [5.41, 5.74) is 21.4. The summed E-state index contributed by atoms with van der Waals surface area (Å²) in [4.78, 5) is 0. The van der Waals surface area contributed by atoms with Crippen LogP contribution in [0.1, 0.15) is 86.8 Å². The van der Waals surface area contributed by atoms with Gasteiger partial charge in [0.05, 0.1) is 0 Å². The van der Waals surface area contributed by atoms with Crippen molar-refractivity contribution in [1.82, 2.24) is 0 Å². The highest BCUT2D eigenvalue weighted by molar-refractivity contribution is 5.91. The molecular weight excluding hydrogens is 843 g/mol. The van der Waals surface area contributed by atoms with Crippen molar-refractivity contribution < 1.29 is 0 Å². The van der Waals surface area contributed by atoms with Crippen molar-refractivity contribution in [2.75, 3.05) is 5.32 Å². The Hall–Kier alpha value is -8.22. The molecule has 1 aliphatic heterocycles. The summed E-state index contributed by atoms with van der Waals surface area (Å²) in [6.45, 7) is 14.5. The van der Waals surface area contributed by atoms with E-state index < -0.39 is 0 Å². The lowest BCUT2D eigenvalue weighted by atomic mass is 9.83. The number of anilines is 1. The molecule has 0 amide bonds. The van der Waals surface area contributed by atoms with Crippen LogP contribution in [0.3, 0.4) is 0 Å². The van der Waals surface area contributed by atoms with Crippen LogP contribution in [0.4, 0.5) is 5.69 Å². The van der Waals surface area contributed by atoms with Gasteiger partial charge < -0.3 is 5.32 Å². The molecular formula is C69H67N. The summed E-state index contributed by atoms with van der Waals surface area (Å²) in [6, 6.07) is 57.3. The number of allylic oxidation sites excluding steroid dienone is 19. The average Bonchev–Trinajstić information content (AvgIpc) is 4.13. The van der Waals surface area contributed by atoms with E-state index in [1.165, 1.54) is 66.8 Å². The second kappa shape index (κ2) is 28.2. The van der Waals surface area contributed by atoms with Gasteiger partial charge in [-0.25, -0.2) is 0 Å². The summed E-state index contributed by atoms with van der Waals surface area (Å²) in [5, 5.41) is 3.57. The van der Waals surface area contributed by atoms with Crippen LogP contribution < -0.4 is 5.32 Å². The van der Waals surface area contributed by atoms with E-state index in [0.717, 1.165) is 29.7 Å². The molecule has 1 N–H and O–H groups in total. The smallest absolute Gasteiger partial charge is 0.0459 e. The van der Waals surface area contributed by atoms with E-state index in [9.17, 15) is 0 Å². The molecule has 1 atom stereocenters. The van der Waals surface area contributed by atoms with Gasteiger partial charge in [0.25, 0.3) is 0 Å². The highest BCUT2D eigenvalue weighted by Crippen LogP contribution is 2.40. The van der Waals surface area contributed by atoms with Crippen LogP contribution in [0.2, 0.25) is 0 Å². The minimum Gasteiger partial charge on any atom is -0.361 e. The first kappa shape index (κ1) is 51.2. The van der Waals surface area contributed by atoms with Gasteiger partial charge in [-0.1, -0.05) is 251 Å². The molecule has 3 aliphatic rings. The van der Waals surface area contributed by atoms with Gasteiger partial charge in [-0.05, 0) is 124 Å². The molecule has 6 aromatic carbocycles. The zero-order chi connectivity index (χ0) is 49.2. The van der Waals surface area contributed by atoms with Crippen LogP contribution in [0.25, 0.3) is 40.0 Å². The molecule has 70 heavy (non-hydrogen) atoms. The lowest BCUT2D eigenvalue weighted by Gasteiger charge is -2.21. The summed E-state index contributed by atoms with van der Waals surface area (Å²) in [6.07, 6.45) is 38.3. The van der Waals surface area contributed by atoms with E-state index in [4.69, 9.17) is 0 Å². The van der Waals surface area contributed by atoms with Crippen LogP contribution in [-0.4, -0.2) is 0 Å². The Morgan fingerprint density at radius 1 is 0.714 bits per heavy atom. The fourth-order valence-corrected chi connectivity index (χ4v) is 8.26. The minimum atomic E-state index is 0.194. The topological polar surface area (TPSA) is 12.0 Å². The fraction of sp³-hybridized carbons (Fsp3) is 0.116. The van der Waals surface area contributed by atoms with Crippen LogP contribution in [0.15, 0.2) is 284 Å². The van der Waals surface area contributed by atoms with Gasteiger partial charge in [0.1, 0.15) is 0 Å². The van der Waals surface area contributed by atoms with Crippen molar-refractivity contribution in [3.8, 4) is 11.1 Å². The third-order valence-electron chi connectivity index (χ3n) is 11.9. The Balaban J connectivity index is 0.000000349. The number of nitrogens with one attached hydrogen (secondary N) is 1. The zero-order valence-corrected chi connectivity index (χ0v) is 41.6. The Kier molecular flexibility index (Phi) is 20.6. The van der Waals surface area contributed by atoms with Crippen molar-refractivity contribution in [2.45, 2.75) is 53.4 Å². The predicted molar refractivity (Wildman–Crippen MR) is 309 cm³/mol. The maximum Gasteiger partial charge on any atom is 0.0459 e. The molecule has 0 spiro atoms. The number of fused-ring (bicyclic) bond motifs is 3. The van der Waals surface area contributed by atoms with E-state index in [0.29, 0.717) is 0 Å². The molecule has 1 heteroatoms. The highest BCUT2D eigenvalue weighted by atomic mass is 14.8. The minimum absolute atomic E-state index is 0.194. The molecule has 348 valence electrons. The van der Waals surface area contributed by atoms with E-state index in [1.54, 1.807) is 0 Å². The second-order valence-corrected chi connectivity index (χ2v) is 16.6. The van der Waals surface area contributed by atoms with E-state index in [-0.39, 0.29) is 5.92 Å². The number of hydrogen-bond acceptors (Lipinski definition) is 1. The van der Waals surface area contributed by atoms with Crippen LogP contribution >= 0.6 is 0 Å². The van der Waals surface area contributed by atoms with Crippen LogP contribution in [0, 0.1) is 0 Å². The lowest BCUT2D eigenvalue weighted by molar-refractivity contribution is 0.890.